The maximum absolute atomic E-state index is 12.7. The van der Waals surface area contributed by atoms with Crippen LogP contribution in [-0.2, 0) is 11.3 Å². The van der Waals surface area contributed by atoms with Crippen molar-refractivity contribution in [1.29, 1.82) is 0 Å². The first-order valence-corrected chi connectivity index (χ1v) is 7.91. The highest BCUT2D eigenvalue weighted by molar-refractivity contribution is 7.11. The Hall–Kier alpha value is -2.21. The summed E-state index contributed by atoms with van der Waals surface area (Å²) >= 11 is 1.32. The second-order valence-corrected chi connectivity index (χ2v) is 5.83. The lowest BCUT2D eigenvalue weighted by Crippen LogP contribution is -2.31. The zero-order chi connectivity index (χ0) is 15.9. The van der Waals surface area contributed by atoms with Crippen LogP contribution in [0.3, 0.4) is 0 Å². The molecule has 6 heteroatoms. The Morgan fingerprint density at radius 3 is 2.59 bits per heavy atom. The van der Waals surface area contributed by atoms with Gasteiger partial charge in [-0.3, -0.25) is 9.59 Å². The van der Waals surface area contributed by atoms with Gasteiger partial charge in [0.2, 0.25) is 0 Å². The molecule has 0 spiro atoms. The molecule has 0 unspecified atom stereocenters. The number of thiazole rings is 1. The number of aromatic nitrogens is 1. The highest BCUT2D eigenvalue weighted by Crippen LogP contribution is 2.17. The molecule has 22 heavy (non-hydrogen) atoms. The molecule has 1 heterocycles. The summed E-state index contributed by atoms with van der Waals surface area (Å²) in [6.45, 7) is 2.69. The molecular weight excluding hydrogens is 300 g/mol. The minimum atomic E-state index is -0.846. The van der Waals surface area contributed by atoms with Crippen LogP contribution < -0.4 is 0 Å². The number of carboxylic acid groups (broad SMARTS) is 1. The average molecular weight is 318 g/mol. The number of rotatable bonds is 7. The van der Waals surface area contributed by atoms with E-state index in [-0.39, 0.29) is 12.3 Å². The number of hydrogen-bond acceptors (Lipinski definition) is 4. The minimum Gasteiger partial charge on any atom is -0.481 e. The van der Waals surface area contributed by atoms with E-state index < -0.39 is 5.97 Å². The molecule has 116 valence electrons. The van der Waals surface area contributed by atoms with Gasteiger partial charge in [-0.25, -0.2) is 4.98 Å². The Morgan fingerprint density at radius 1 is 1.27 bits per heavy atom. The van der Waals surface area contributed by atoms with Crippen molar-refractivity contribution in [2.24, 2.45) is 0 Å². The monoisotopic (exact) mass is 318 g/mol. The first-order valence-electron chi connectivity index (χ1n) is 7.03. The lowest BCUT2D eigenvalue weighted by Gasteiger charge is -2.22. The second kappa shape index (κ2) is 7.70. The van der Waals surface area contributed by atoms with E-state index >= 15 is 0 Å². The summed E-state index contributed by atoms with van der Waals surface area (Å²) in [7, 11) is 0. The highest BCUT2D eigenvalue weighted by Gasteiger charge is 2.20. The Bertz CT molecular complexity index is 640. The largest absolute Gasteiger partial charge is 0.481 e. The average Bonchev–Trinajstić information content (AvgIpc) is 2.92. The van der Waals surface area contributed by atoms with Crippen LogP contribution in [0.4, 0.5) is 0 Å². The maximum Gasteiger partial charge on any atom is 0.303 e. The zero-order valence-corrected chi connectivity index (χ0v) is 13.2. The fourth-order valence-electron chi connectivity index (χ4n) is 2.13. The normalized spacial score (nSPS) is 10.4. The molecule has 0 aliphatic heterocycles. The van der Waals surface area contributed by atoms with Crippen molar-refractivity contribution in [3.63, 3.8) is 0 Å². The summed E-state index contributed by atoms with van der Waals surface area (Å²) in [5, 5.41) is 8.77. The standard InChI is InChI=1S/C16H18N2O3S/c1-12-15(22-11-17-12)16(21)18(9-5-8-14(19)20)10-13-6-3-2-4-7-13/h2-4,6-7,11H,5,8-10H2,1H3,(H,19,20). The number of amides is 1. The molecule has 5 nitrogen and oxygen atoms in total. The summed E-state index contributed by atoms with van der Waals surface area (Å²) < 4.78 is 0. The first kappa shape index (κ1) is 16.2. The fourth-order valence-corrected chi connectivity index (χ4v) is 2.90. The number of aliphatic carboxylic acids is 1. The zero-order valence-electron chi connectivity index (χ0n) is 12.4. The lowest BCUT2D eigenvalue weighted by atomic mass is 10.2. The molecule has 0 saturated carbocycles. The van der Waals surface area contributed by atoms with Gasteiger partial charge in [0.15, 0.2) is 0 Å². The Kier molecular flexibility index (Phi) is 5.66. The van der Waals surface area contributed by atoms with Crippen molar-refractivity contribution in [2.45, 2.75) is 26.3 Å². The molecule has 0 fully saturated rings. The fraction of sp³-hybridized carbons (Fsp3) is 0.312. The molecule has 0 bridgehead atoms. The topological polar surface area (TPSA) is 70.5 Å². The number of benzene rings is 1. The van der Waals surface area contributed by atoms with Crippen LogP contribution >= 0.6 is 11.3 Å². The van der Waals surface area contributed by atoms with Crippen LogP contribution in [0, 0.1) is 6.92 Å². The number of aryl methyl sites for hydroxylation is 1. The number of carbonyl (C=O) groups is 2. The summed E-state index contributed by atoms with van der Waals surface area (Å²) in [6.07, 6.45) is 0.492. The number of hydrogen-bond donors (Lipinski definition) is 1. The Morgan fingerprint density at radius 2 is 2.00 bits per heavy atom. The van der Waals surface area contributed by atoms with Gasteiger partial charge in [-0.05, 0) is 18.9 Å². The third-order valence-electron chi connectivity index (χ3n) is 3.26. The smallest absolute Gasteiger partial charge is 0.303 e. The molecule has 0 radical (unpaired) electrons. The van der Waals surface area contributed by atoms with Crippen molar-refractivity contribution in [3.8, 4) is 0 Å². The van der Waals surface area contributed by atoms with Crippen LogP contribution in [0.15, 0.2) is 35.8 Å². The number of carbonyl (C=O) groups excluding carboxylic acids is 1. The van der Waals surface area contributed by atoms with Gasteiger partial charge < -0.3 is 10.0 Å². The Labute approximate surface area is 133 Å². The van der Waals surface area contributed by atoms with Crippen molar-refractivity contribution >= 4 is 23.2 Å². The summed E-state index contributed by atoms with van der Waals surface area (Å²) in [6, 6.07) is 9.68. The van der Waals surface area contributed by atoms with Crippen molar-refractivity contribution in [3.05, 3.63) is 52.0 Å². The quantitative estimate of drug-likeness (QED) is 0.852. The number of carboxylic acids is 1. The van der Waals surface area contributed by atoms with Gasteiger partial charge in [0.25, 0.3) is 5.91 Å². The molecule has 1 aromatic heterocycles. The van der Waals surface area contributed by atoms with Gasteiger partial charge in [-0.1, -0.05) is 30.3 Å². The van der Waals surface area contributed by atoms with Crippen LogP contribution in [-0.4, -0.2) is 33.4 Å². The van der Waals surface area contributed by atoms with E-state index in [1.165, 1.54) is 11.3 Å². The first-order chi connectivity index (χ1) is 10.6. The van der Waals surface area contributed by atoms with Gasteiger partial charge >= 0.3 is 5.97 Å². The molecule has 0 saturated heterocycles. The molecular formula is C16H18N2O3S. The Balaban J connectivity index is 2.12. The molecule has 1 N–H and O–H groups in total. The molecule has 1 aromatic carbocycles. The highest BCUT2D eigenvalue weighted by atomic mass is 32.1. The van der Waals surface area contributed by atoms with E-state index in [4.69, 9.17) is 5.11 Å². The van der Waals surface area contributed by atoms with Crippen LogP contribution in [0.1, 0.15) is 33.8 Å². The third-order valence-corrected chi connectivity index (χ3v) is 4.18. The van der Waals surface area contributed by atoms with Crippen molar-refractivity contribution in [1.82, 2.24) is 9.88 Å². The predicted octanol–water partition coefficient (Wildman–Crippen LogP) is 2.96. The molecule has 0 aliphatic carbocycles. The minimum absolute atomic E-state index is 0.0558. The van der Waals surface area contributed by atoms with Crippen LogP contribution in [0.2, 0.25) is 0 Å². The van der Waals surface area contributed by atoms with Gasteiger partial charge in [-0.2, -0.15) is 0 Å². The van der Waals surface area contributed by atoms with Gasteiger partial charge in [0, 0.05) is 19.5 Å². The molecule has 2 aromatic rings. The summed E-state index contributed by atoms with van der Waals surface area (Å²) in [5.74, 6) is -0.935. The van der Waals surface area contributed by atoms with Gasteiger partial charge in [0.05, 0.1) is 11.2 Å². The van der Waals surface area contributed by atoms with Crippen LogP contribution in [0.25, 0.3) is 0 Å². The third kappa shape index (κ3) is 4.39. The van der Waals surface area contributed by atoms with Crippen LogP contribution in [0.5, 0.6) is 0 Å². The van der Waals surface area contributed by atoms with Gasteiger partial charge in [-0.15, -0.1) is 11.3 Å². The molecule has 0 aliphatic rings. The van der Waals surface area contributed by atoms with Crippen molar-refractivity contribution < 1.29 is 14.7 Å². The molecule has 2 rings (SSSR count). The van der Waals surface area contributed by atoms with E-state index in [0.29, 0.717) is 30.1 Å². The second-order valence-electron chi connectivity index (χ2n) is 4.98. The maximum atomic E-state index is 12.7. The van der Waals surface area contributed by atoms with E-state index in [1.807, 2.05) is 37.3 Å². The van der Waals surface area contributed by atoms with E-state index in [1.54, 1.807) is 10.4 Å². The summed E-state index contributed by atoms with van der Waals surface area (Å²) in [4.78, 5) is 29.8. The summed E-state index contributed by atoms with van der Waals surface area (Å²) in [5.41, 5.74) is 3.39. The van der Waals surface area contributed by atoms with Crippen molar-refractivity contribution in [2.75, 3.05) is 6.54 Å². The predicted molar refractivity (Wildman–Crippen MR) is 84.9 cm³/mol. The van der Waals surface area contributed by atoms with Gasteiger partial charge in [0.1, 0.15) is 4.88 Å². The molecule has 1 amide bonds. The van der Waals surface area contributed by atoms with E-state index in [0.717, 1.165) is 5.56 Å². The molecule has 0 atom stereocenters. The number of nitrogens with zero attached hydrogens (tertiary/aromatic N) is 2. The van der Waals surface area contributed by atoms with E-state index in [2.05, 4.69) is 4.98 Å². The lowest BCUT2D eigenvalue weighted by molar-refractivity contribution is -0.137. The SMILES string of the molecule is Cc1ncsc1C(=O)N(CCCC(=O)O)Cc1ccccc1. The van der Waals surface area contributed by atoms with E-state index in [9.17, 15) is 9.59 Å².